The molecule has 0 unspecified atom stereocenters. The summed E-state index contributed by atoms with van der Waals surface area (Å²) in [5.74, 6) is 1.61. The second-order valence-electron chi connectivity index (χ2n) is 6.83. The SMILES string of the molecule is Cc1nccc(OC2CCN(C(=O)CCCCc3ccccc3)CC2)n1. The summed E-state index contributed by atoms with van der Waals surface area (Å²) < 4.78 is 5.92. The number of benzene rings is 1. The molecule has 1 saturated heterocycles. The molecule has 0 aliphatic carbocycles. The summed E-state index contributed by atoms with van der Waals surface area (Å²) in [6.45, 7) is 3.39. The van der Waals surface area contributed by atoms with Gasteiger partial charge in [-0.05, 0) is 31.7 Å². The summed E-state index contributed by atoms with van der Waals surface area (Å²) in [6, 6.07) is 12.2. The average Bonchev–Trinajstić information content (AvgIpc) is 2.66. The maximum atomic E-state index is 12.4. The van der Waals surface area contributed by atoms with E-state index >= 15 is 0 Å². The van der Waals surface area contributed by atoms with Crippen LogP contribution >= 0.6 is 0 Å². The fourth-order valence-electron chi connectivity index (χ4n) is 3.30. The minimum atomic E-state index is 0.131. The van der Waals surface area contributed by atoms with Crippen LogP contribution in [0.1, 0.15) is 43.5 Å². The van der Waals surface area contributed by atoms with Gasteiger partial charge < -0.3 is 9.64 Å². The number of aromatic nitrogens is 2. The van der Waals surface area contributed by atoms with Crippen LogP contribution in [0.25, 0.3) is 0 Å². The average molecular weight is 353 g/mol. The third kappa shape index (κ3) is 5.55. The number of carbonyl (C=O) groups excluding carboxylic acids is 1. The van der Waals surface area contributed by atoms with Gasteiger partial charge in [0.15, 0.2) is 0 Å². The Morgan fingerprint density at radius 2 is 1.92 bits per heavy atom. The standard InChI is InChI=1S/C21H27N3O2/c1-17-22-14-11-20(23-17)26-19-12-15-24(16-13-19)21(25)10-6-5-9-18-7-3-2-4-8-18/h2-4,7-8,11,14,19H,5-6,9-10,12-13,15-16H2,1H3. The lowest BCUT2D eigenvalue weighted by Gasteiger charge is -2.32. The molecule has 2 aromatic rings. The van der Waals surface area contributed by atoms with Crippen LogP contribution in [0, 0.1) is 6.92 Å². The zero-order chi connectivity index (χ0) is 18.2. The van der Waals surface area contributed by atoms with E-state index in [-0.39, 0.29) is 12.0 Å². The molecule has 0 saturated carbocycles. The first-order valence-corrected chi connectivity index (χ1v) is 9.49. The molecule has 0 spiro atoms. The first-order valence-electron chi connectivity index (χ1n) is 9.49. The number of amides is 1. The molecular formula is C21H27N3O2. The fourth-order valence-corrected chi connectivity index (χ4v) is 3.30. The van der Waals surface area contributed by atoms with Gasteiger partial charge in [0.25, 0.3) is 0 Å². The highest BCUT2D eigenvalue weighted by Crippen LogP contribution is 2.18. The van der Waals surface area contributed by atoms with Gasteiger partial charge in [0.1, 0.15) is 11.9 Å². The maximum Gasteiger partial charge on any atom is 0.222 e. The van der Waals surface area contributed by atoms with Crippen LogP contribution in [0.5, 0.6) is 5.88 Å². The van der Waals surface area contributed by atoms with Gasteiger partial charge in [0.2, 0.25) is 11.8 Å². The van der Waals surface area contributed by atoms with Crippen LogP contribution < -0.4 is 4.74 Å². The van der Waals surface area contributed by atoms with E-state index in [0.29, 0.717) is 18.1 Å². The van der Waals surface area contributed by atoms with Crippen molar-refractivity contribution in [1.82, 2.24) is 14.9 Å². The molecule has 2 heterocycles. The Labute approximate surface area is 155 Å². The smallest absolute Gasteiger partial charge is 0.222 e. The molecule has 5 heteroatoms. The fraction of sp³-hybridized carbons (Fsp3) is 0.476. The number of carbonyl (C=O) groups is 1. The van der Waals surface area contributed by atoms with Crippen molar-refractivity contribution in [3.8, 4) is 5.88 Å². The van der Waals surface area contributed by atoms with Gasteiger partial charge in [-0.15, -0.1) is 0 Å². The highest BCUT2D eigenvalue weighted by molar-refractivity contribution is 5.76. The number of unbranched alkanes of at least 4 members (excludes halogenated alkanes) is 1. The Morgan fingerprint density at radius 3 is 2.65 bits per heavy atom. The normalized spacial score (nSPS) is 15.0. The summed E-state index contributed by atoms with van der Waals surface area (Å²) in [5.41, 5.74) is 1.35. The Kier molecular flexibility index (Phi) is 6.58. The van der Waals surface area contributed by atoms with Gasteiger partial charge in [-0.3, -0.25) is 4.79 Å². The van der Waals surface area contributed by atoms with Crippen LogP contribution in [-0.4, -0.2) is 40.0 Å². The van der Waals surface area contributed by atoms with E-state index in [1.165, 1.54) is 5.56 Å². The summed E-state index contributed by atoms with van der Waals surface area (Å²) in [5, 5.41) is 0. The van der Waals surface area contributed by atoms with Crippen molar-refractivity contribution in [1.29, 1.82) is 0 Å². The topological polar surface area (TPSA) is 55.3 Å². The highest BCUT2D eigenvalue weighted by Gasteiger charge is 2.23. The van der Waals surface area contributed by atoms with Crippen molar-refractivity contribution in [3.05, 3.63) is 54.0 Å². The van der Waals surface area contributed by atoms with E-state index in [1.54, 1.807) is 12.3 Å². The molecule has 3 rings (SSSR count). The van der Waals surface area contributed by atoms with Gasteiger partial charge in [0, 0.05) is 44.6 Å². The molecule has 1 aliphatic heterocycles. The number of likely N-dealkylation sites (tertiary alicyclic amines) is 1. The number of nitrogens with zero attached hydrogens (tertiary/aromatic N) is 3. The Morgan fingerprint density at radius 1 is 1.15 bits per heavy atom. The molecule has 138 valence electrons. The van der Waals surface area contributed by atoms with Gasteiger partial charge in [-0.2, -0.15) is 4.98 Å². The molecule has 1 fully saturated rings. The maximum absolute atomic E-state index is 12.4. The molecule has 1 aromatic heterocycles. The van der Waals surface area contributed by atoms with E-state index in [2.05, 4.69) is 34.2 Å². The van der Waals surface area contributed by atoms with Gasteiger partial charge in [-0.1, -0.05) is 30.3 Å². The van der Waals surface area contributed by atoms with E-state index in [1.807, 2.05) is 17.9 Å². The van der Waals surface area contributed by atoms with Gasteiger partial charge in [0.05, 0.1) is 0 Å². The zero-order valence-corrected chi connectivity index (χ0v) is 15.4. The lowest BCUT2D eigenvalue weighted by atomic mass is 10.0. The summed E-state index contributed by atoms with van der Waals surface area (Å²) in [7, 11) is 0. The number of hydrogen-bond acceptors (Lipinski definition) is 4. The minimum Gasteiger partial charge on any atom is -0.474 e. The molecule has 26 heavy (non-hydrogen) atoms. The highest BCUT2D eigenvalue weighted by atomic mass is 16.5. The first-order chi connectivity index (χ1) is 12.7. The number of ether oxygens (including phenoxy) is 1. The van der Waals surface area contributed by atoms with Crippen molar-refractivity contribution in [2.75, 3.05) is 13.1 Å². The zero-order valence-electron chi connectivity index (χ0n) is 15.4. The molecule has 0 N–H and O–H groups in total. The molecule has 0 bridgehead atoms. The Balaban J connectivity index is 1.34. The van der Waals surface area contributed by atoms with E-state index in [0.717, 1.165) is 45.2 Å². The second kappa shape index (κ2) is 9.32. The van der Waals surface area contributed by atoms with E-state index in [4.69, 9.17) is 4.74 Å². The molecule has 1 amide bonds. The number of piperidine rings is 1. The number of aryl methyl sites for hydroxylation is 2. The lowest BCUT2D eigenvalue weighted by molar-refractivity contribution is -0.133. The predicted octanol–water partition coefficient (Wildman–Crippen LogP) is 3.57. The predicted molar refractivity (Wildman–Crippen MR) is 101 cm³/mol. The molecule has 0 atom stereocenters. The van der Waals surface area contributed by atoms with E-state index < -0.39 is 0 Å². The van der Waals surface area contributed by atoms with Crippen molar-refractivity contribution < 1.29 is 9.53 Å². The van der Waals surface area contributed by atoms with Crippen LogP contribution in [0.3, 0.4) is 0 Å². The largest absolute Gasteiger partial charge is 0.474 e. The van der Waals surface area contributed by atoms with E-state index in [9.17, 15) is 4.79 Å². The number of rotatable bonds is 7. The van der Waals surface area contributed by atoms with Crippen molar-refractivity contribution in [3.63, 3.8) is 0 Å². The Hall–Kier alpha value is -2.43. The van der Waals surface area contributed by atoms with Crippen LogP contribution in [0.2, 0.25) is 0 Å². The first kappa shape index (κ1) is 18.4. The van der Waals surface area contributed by atoms with Crippen molar-refractivity contribution in [2.45, 2.75) is 51.6 Å². The Bertz CT molecular complexity index is 697. The van der Waals surface area contributed by atoms with Crippen LogP contribution in [0.15, 0.2) is 42.6 Å². The summed E-state index contributed by atoms with van der Waals surface area (Å²) >= 11 is 0. The van der Waals surface area contributed by atoms with Gasteiger partial charge in [-0.25, -0.2) is 4.98 Å². The monoisotopic (exact) mass is 353 g/mol. The lowest BCUT2D eigenvalue weighted by Crippen LogP contribution is -2.41. The number of hydrogen-bond donors (Lipinski definition) is 0. The minimum absolute atomic E-state index is 0.131. The third-order valence-electron chi connectivity index (χ3n) is 4.78. The molecule has 0 radical (unpaired) electrons. The molecule has 1 aliphatic rings. The molecule has 1 aromatic carbocycles. The third-order valence-corrected chi connectivity index (χ3v) is 4.78. The molecule has 5 nitrogen and oxygen atoms in total. The van der Waals surface area contributed by atoms with Crippen LogP contribution in [0.4, 0.5) is 0 Å². The molecular weight excluding hydrogens is 326 g/mol. The second-order valence-corrected chi connectivity index (χ2v) is 6.83. The summed E-state index contributed by atoms with van der Waals surface area (Å²) in [4.78, 5) is 22.7. The van der Waals surface area contributed by atoms with Gasteiger partial charge >= 0.3 is 0 Å². The van der Waals surface area contributed by atoms with Crippen molar-refractivity contribution >= 4 is 5.91 Å². The van der Waals surface area contributed by atoms with Crippen LogP contribution in [-0.2, 0) is 11.2 Å². The summed E-state index contributed by atoms with van der Waals surface area (Å²) in [6.07, 6.45) is 7.26. The quantitative estimate of drug-likeness (QED) is 0.714. The van der Waals surface area contributed by atoms with Crippen molar-refractivity contribution in [2.24, 2.45) is 0 Å².